The van der Waals surface area contributed by atoms with E-state index >= 15 is 0 Å². The highest BCUT2D eigenvalue weighted by atomic mass is 31.3. The first-order chi connectivity index (χ1) is 14.2. The number of hydrogen-bond acceptors (Lipinski definition) is 13. The third-order valence-electron chi connectivity index (χ3n) is 3.92. The minimum atomic E-state index is -5.70. The van der Waals surface area contributed by atoms with Crippen molar-refractivity contribution < 1.29 is 61.4 Å². The van der Waals surface area contributed by atoms with Crippen molar-refractivity contribution in [2.24, 2.45) is 15.0 Å². The van der Waals surface area contributed by atoms with Crippen molar-refractivity contribution in [1.82, 2.24) is 4.90 Å². The Balaban J connectivity index is 1.62. The predicted octanol–water partition coefficient (Wildman–Crippen LogP) is -2.09. The summed E-state index contributed by atoms with van der Waals surface area (Å²) in [5.74, 6) is -0.0328. The van der Waals surface area contributed by atoms with Crippen LogP contribution in [0.1, 0.15) is 0 Å². The van der Waals surface area contributed by atoms with Crippen molar-refractivity contribution in [3.05, 3.63) is 0 Å². The molecule has 3 aliphatic rings. The van der Waals surface area contributed by atoms with Crippen molar-refractivity contribution in [3.63, 3.8) is 0 Å². The molecule has 0 amide bonds. The van der Waals surface area contributed by atoms with E-state index in [1.807, 2.05) is 0 Å². The molecule has 0 aromatic rings. The van der Waals surface area contributed by atoms with Crippen LogP contribution >= 0.6 is 23.5 Å². The van der Waals surface area contributed by atoms with Gasteiger partial charge in [-0.15, -0.1) is 0 Å². The zero-order chi connectivity index (χ0) is 23.2. The molecule has 0 saturated carbocycles. The third kappa shape index (κ3) is 5.77. The predicted molar refractivity (Wildman–Crippen MR) is 98.3 cm³/mol. The lowest BCUT2D eigenvalue weighted by molar-refractivity contribution is -0.0680. The van der Waals surface area contributed by atoms with Crippen molar-refractivity contribution in [2.45, 2.75) is 24.5 Å². The van der Waals surface area contributed by atoms with Crippen LogP contribution in [0.4, 0.5) is 0 Å². The van der Waals surface area contributed by atoms with Gasteiger partial charge in [0.25, 0.3) is 0 Å². The summed E-state index contributed by atoms with van der Waals surface area (Å²) in [5, 5.41) is 28.1. The fraction of sp³-hybridized carbons (Fsp3) is 0.600. The van der Waals surface area contributed by atoms with Crippen molar-refractivity contribution in [1.29, 1.82) is 5.41 Å². The summed E-state index contributed by atoms with van der Waals surface area (Å²) < 4.78 is 50.7. The van der Waals surface area contributed by atoms with Gasteiger partial charge in [-0.25, -0.2) is 23.7 Å². The molecule has 0 aromatic carbocycles. The molecule has 0 bridgehead atoms. The summed E-state index contributed by atoms with van der Waals surface area (Å²) in [6.45, 7) is -1.05. The molecule has 3 heterocycles. The smallest absolute Gasteiger partial charge is 0.387 e. The molecule has 21 heteroatoms. The normalized spacial score (nSPS) is 32.3. The topological polar surface area (TPSA) is 274 Å². The molecule has 3 aliphatic heterocycles. The number of phosphoric acid groups is 3. The summed E-state index contributed by atoms with van der Waals surface area (Å²) in [6.07, 6.45) is -4.88. The van der Waals surface area contributed by atoms with E-state index in [0.717, 1.165) is 6.34 Å². The number of amidine groups is 2. The highest BCUT2D eigenvalue weighted by molar-refractivity contribution is 7.66. The molecule has 1 saturated heterocycles. The van der Waals surface area contributed by atoms with Gasteiger partial charge in [0.05, 0.1) is 6.61 Å². The SMILES string of the molecule is N=C1N=CN=C2C1=NCN2[C@@H]1O[C@H](COP(=O)(O)OP(=O)(O)OP(=O)(O)O)[C@@H](O)[C@H]1O. The molecule has 0 aromatic heterocycles. The average molecular weight is 507 g/mol. The van der Waals surface area contributed by atoms with Gasteiger partial charge < -0.3 is 39.4 Å². The second-order valence-electron chi connectivity index (χ2n) is 6.10. The number of fused-ring (bicyclic) bond motifs is 1. The fourth-order valence-corrected chi connectivity index (χ4v) is 5.77. The molecule has 6 atom stereocenters. The highest BCUT2D eigenvalue weighted by Crippen LogP contribution is 2.66. The zero-order valence-corrected chi connectivity index (χ0v) is 17.7. The van der Waals surface area contributed by atoms with Gasteiger partial charge in [-0.3, -0.25) is 14.9 Å². The molecule has 1 fully saturated rings. The Bertz CT molecular complexity index is 992. The van der Waals surface area contributed by atoms with Gasteiger partial charge >= 0.3 is 23.5 Å². The maximum absolute atomic E-state index is 11.8. The summed E-state index contributed by atoms with van der Waals surface area (Å²) >= 11 is 0. The number of nitrogens with zero attached hydrogens (tertiary/aromatic N) is 4. The van der Waals surface area contributed by atoms with Crippen LogP contribution in [-0.4, -0.2) is 96.2 Å². The van der Waals surface area contributed by atoms with E-state index in [0.29, 0.717) is 0 Å². The monoisotopic (exact) mass is 507 g/mol. The van der Waals surface area contributed by atoms with Crippen LogP contribution in [0, 0.1) is 5.41 Å². The van der Waals surface area contributed by atoms with E-state index in [2.05, 4.69) is 28.1 Å². The zero-order valence-electron chi connectivity index (χ0n) is 15.0. The number of aliphatic hydroxyl groups excluding tert-OH is 2. The maximum Gasteiger partial charge on any atom is 0.490 e. The van der Waals surface area contributed by atoms with Gasteiger partial charge in [-0.1, -0.05) is 0 Å². The van der Waals surface area contributed by atoms with Crippen LogP contribution in [0.5, 0.6) is 0 Å². The van der Waals surface area contributed by atoms with Crippen LogP contribution in [0.3, 0.4) is 0 Å². The van der Waals surface area contributed by atoms with Gasteiger partial charge in [0.1, 0.15) is 37.0 Å². The average Bonchev–Trinajstić information content (AvgIpc) is 3.13. The van der Waals surface area contributed by atoms with Gasteiger partial charge in [0, 0.05) is 0 Å². The molecule has 31 heavy (non-hydrogen) atoms. The van der Waals surface area contributed by atoms with Crippen molar-refractivity contribution in [2.75, 3.05) is 13.3 Å². The Morgan fingerprint density at radius 2 is 1.81 bits per heavy atom. The number of rotatable bonds is 8. The Hall–Kier alpha value is -1.23. The molecule has 7 N–H and O–H groups in total. The molecule has 3 rings (SSSR count). The first-order valence-corrected chi connectivity index (χ1v) is 12.5. The first-order valence-electron chi connectivity index (χ1n) is 8.00. The molecule has 18 nitrogen and oxygen atoms in total. The van der Waals surface area contributed by atoms with E-state index in [-0.39, 0.29) is 24.1 Å². The third-order valence-corrected chi connectivity index (χ3v) is 7.72. The standard InChI is InChI=1S/C10H16N5O13P3/c11-8-5-9(13-2-12-8)15(3-14-5)10-7(17)6(16)4(26-10)1-25-30(21,22)28-31(23,24)27-29(18,19)20/h2,4,6-7,10-11,16-17H,1,3H2,(H,21,22)(H,23,24)(H2,18,19,20)/t4-,6-,7-,10-/m1/s1. The van der Waals surface area contributed by atoms with Crippen LogP contribution in [0.2, 0.25) is 0 Å². The van der Waals surface area contributed by atoms with Crippen molar-refractivity contribution >= 4 is 47.2 Å². The lowest BCUT2D eigenvalue weighted by atomic mass is 10.1. The lowest BCUT2D eigenvalue weighted by Gasteiger charge is -2.27. The lowest BCUT2D eigenvalue weighted by Crippen LogP contribution is -2.48. The number of aliphatic imine (C=N–C) groups is 3. The highest BCUT2D eigenvalue weighted by Gasteiger charge is 2.49. The van der Waals surface area contributed by atoms with E-state index in [1.165, 1.54) is 4.90 Å². The Morgan fingerprint density at radius 3 is 2.45 bits per heavy atom. The first kappa shape index (κ1) is 24.4. The molecule has 0 radical (unpaired) electrons. The summed E-state index contributed by atoms with van der Waals surface area (Å²) in [7, 11) is -16.7. The minimum Gasteiger partial charge on any atom is -0.387 e. The minimum absolute atomic E-state index is 0.100. The summed E-state index contributed by atoms with van der Waals surface area (Å²) in [6, 6.07) is 0. The van der Waals surface area contributed by atoms with E-state index in [9.17, 15) is 28.8 Å². The molecule has 0 aliphatic carbocycles. The molecule has 174 valence electrons. The number of hydrogen-bond donors (Lipinski definition) is 7. The largest absolute Gasteiger partial charge is 0.490 e. The molecular weight excluding hydrogens is 491 g/mol. The van der Waals surface area contributed by atoms with Gasteiger partial charge in [0.15, 0.2) is 17.9 Å². The quantitative estimate of drug-likeness (QED) is 0.174. The molecule has 2 unspecified atom stereocenters. The van der Waals surface area contributed by atoms with Gasteiger partial charge in [0.2, 0.25) is 0 Å². The van der Waals surface area contributed by atoms with Crippen LogP contribution < -0.4 is 0 Å². The number of aliphatic hydroxyl groups is 2. The summed E-state index contributed by atoms with van der Waals surface area (Å²) in [5.41, 5.74) is 0.129. The number of phosphoric ester groups is 1. The van der Waals surface area contributed by atoms with Crippen molar-refractivity contribution in [3.8, 4) is 0 Å². The van der Waals surface area contributed by atoms with Crippen LogP contribution in [0.25, 0.3) is 0 Å². The van der Waals surface area contributed by atoms with E-state index in [4.69, 9.17) is 24.8 Å². The molecule has 0 spiro atoms. The van der Waals surface area contributed by atoms with Crippen LogP contribution in [-0.2, 0) is 31.6 Å². The van der Waals surface area contributed by atoms with Crippen LogP contribution in [0.15, 0.2) is 15.0 Å². The fourth-order valence-electron chi connectivity index (χ4n) is 2.74. The number of ether oxygens (including phenoxy) is 1. The summed E-state index contributed by atoms with van der Waals surface area (Å²) in [4.78, 5) is 48.5. The van der Waals surface area contributed by atoms with Gasteiger partial charge in [-0.2, -0.15) is 8.62 Å². The Morgan fingerprint density at radius 1 is 1.13 bits per heavy atom. The second kappa shape index (κ2) is 8.61. The Kier molecular flexibility index (Phi) is 6.78. The molecular formula is C10H16N5O13P3. The Labute approximate surface area is 172 Å². The second-order valence-corrected chi connectivity index (χ2v) is 10.5. The van der Waals surface area contributed by atoms with E-state index < -0.39 is 54.6 Å². The van der Waals surface area contributed by atoms with Gasteiger partial charge in [-0.05, 0) is 0 Å². The maximum atomic E-state index is 11.8. The number of nitrogens with one attached hydrogen (secondary N) is 1. The van der Waals surface area contributed by atoms with E-state index in [1.54, 1.807) is 0 Å².